The quantitative estimate of drug-likeness (QED) is 0.154. The first-order valence-corrected chi connectivity index (χ1v) is 10.9. The number of Topliss-reactive ketones (excluding diaryl/α,β-unsaturated/α-hetero) is 1. The maximum absolute atomic E-state index is 14.8. The Morgan fingerprint density at radius 1 is 0.643 bits per heavy atom. The van der Waals surface area contributed by atoms with E-state index < -0.39 is 119 Å². The monoisotopic (exact) mass is 662 g/mol. The molecule has 0 radical (unpaired) electrons. The van der Waals surface area contributed by atoms with Crippen LogP contribution in [0.3, 0.4) is 0 Å². The highest BCUT2D eigenvalue weighted by molar-refractivity contribution is 5.87. The highest BCUT2D eigenvalue weighted by atomic mass is 19.4. The van der Waals surface area contributed by atoms with Crippen LogP contribution in [0.4, 0.5) is 61.5 Å². The zero-order valence-electron chi connectivity index (χ0n) is 20.8. The molecule has 0 spiro atoms. The molecule has 0 saturated heterocycles. The van der Waals surface area contributed by atoms with Crippen molar-refractivity contribution >= 4 is 5.78 Å². The summed E-state index contributed by atoms with van der Waals surface area (Å²) in [7, 11) is 0. The molecule has 0 aliphatic carbocycles. The minimum absolute atomic E-state index is 0.835. The molecule has 0 aromatic rings. The van der Waals surface area contributed by atoms with Crippen molar-refractivity contribution in [2.24, 2.45) is 5.92 Å². The van der Waals surface area contributed by atoms with Gasteiger partial charge < -0.3 is 29.9 Å². The second-order valence-corrected chi connectivity index (χ2v) is 8.55. The molecule has 4 unspecified atom stereocenters. The number of ketones is 1. The SMILES string of the molecule is CC(F)(F)C(F)(F)OC(F)(C(F)(F)F)C(F)(F)OC(F)(C(=O)CC(COCC(O)CO)COCC(O)CO)C(F)(F)F. The van der Waals surface area contributed by atoms with Crippen LogP contribution in [0.1, 0.15) is 13.3 Å². The Morgan fingerprint density at radius 2 is 1.05 bits per heavy atom. The molecule has 0 aromatic heterocycles. The molecule has 0 aliphatic rings. The molecule has 0 aliphatic heterocycles. The van der Waals surface area contributed by atoms with Crippen molar-refractivity contribution in [2.45, 2.75) is 67.8 Å². The molecule has 23 heteroatoms. The van der Waals surface area contributed by atoms with Gasteiger partial charge in [-0.05, 0) is 0 Å². The fraction of sp³-hybridized carbons (Fsp3) is 0.947. The van der Waals surface area contributed by atoms with Gasteiger partial charge in [-0.2, -0.15) is 61.5 Å². The molecular formula is C19H24F14O9. The molecule has 0 fully saturated rings. The van der Waals surface area contributed by atoms with E-state index in [0.29, 0.717) is 0 Å². The van der Waals surface area contributed by atoms with Gasteiger partial charge >= 0.3 is 42.2 Å². The van der Waals surface area contributed by atoms with Gasteiger partial charge in [-0.25, -0.2) is 0 Å². The Balaban J connectivity index is 6.43. The molecule has 42 heavy (non-hydrogen) atoms. The van der Waals surface area contributed by atoms with Crippen LogP contribution in [-0.4, -0.2) is 120 Å². The van der Waals surface area contributed by atoms with Gasteiger partial charge in [0.05, 0.1) is 39.6 Å². The summed E-state index contributed by atoms with van der Waals surface area (Å²) in [6.45, 7) is -6.69. The third kappa shape index (κ3) is 10.2. The smallest absolute Gasteiger partial charge is 0.394 e. The van der Waals surface area contributed by atoms with Gasteiger partial charge in [0.25, 0.3) is 0 Å². The van der Waals surface area contributed by atoms with Crippen LogP contribution < -0.4 is 0 Å². The average Bonchev–Trinajstić information content (AvgIpc) is 2.80. The molecule has 252 valence electrons. The lowest BCUT2D eigenvalue weighted by Crippen LogP contribution is -2.66. The molecule has 9 nitrogen and oxygen atoms in total. The van der Waals surface area contributed by atoms with E-state index in [1.165, 1.54) is 0 Å². The summed E-state index contributed by atoms with van der Waals surface area (Å²) in [6.07, 6.45) is -34.6. The molecule has 0 saturated carbocycles. The Hall–Kier alpha value is -1.63. The molecular weight excluding hydrogens is 638 g/mol. The molecule has 4 N–H and O–H groups in total. The largest absolute Gasteiger partial charge is 0.458 e. The number of carbonyl (C=O) groups excluding carboxylic acids is 1. The van der Waals surface area contributed by atoms with Crippen molar-refractivity contribution in [3.05, 3.63) is 0 Å². The third-order valence-electron chi connectivity index (χ3n) is 4.73. The predicted octanol–water partition coefficient (Wildman–Crippen LogP) is 2.63. The molecule has 0 amide bonds. The highest BCUT2D eigenvalue weighted by Crippen LogP contribution is 2.54. The van der Waals surface area contributed by atoms with E-state index in [2.05, 4.69) is 14.2 Å². The zero-order chi connectivity index (χ0) is 33.6. The number of hydrogen-bond acceptors (Lipinski definition) is 9. The Kier molecular flexibility index (Phi) is 13.9. The molecule has 4 atom stereocenters. The lowest BCUT2D eigenvalue weighted by Gasteiger charge is -2.39. The maximum Gasteiger partial charge on any atom is 0.458 e. The number of aliphatic hydroxyl groups excluding tert-OH is 4. The van der Waals surface area contributed by atoms with Gasteiger partial charge in [0.15, 0.2) is 0 Å². The van der Waals surface area contributed by atoms with Crippen LogP contribution in [0.15, 0.2) is 0 Å². The minimum atomic E-state index is -7.63. The first-order valence-electron chi connectivity index (χ1n) is 10.9. The zero-order valence-corrected chi connectivity index (χ0v) is 20.8. The normalized spacial score (nSPS) is 19.1. The fourth-order valence-electron chi connectivity index (χ4n) is 2.47. The van der Waals surface area contributed by atoms with Gasteiger partial charge in [-0.1, -0.05) is 0 Å². The summed E-state index contributed by atoms with van der Waals surface area (Å²) in [6, 6.07) is 0. The van der Waals surface area contributed by atoms with Crippen molar-refractivity contribution < 1.29 is 106 Å². The van der Waals surface area contributed by atoms with Crippen LogP contribution in [0.2, 0.25) is 0 Å². The number of halogens is 14. The van der Waals surface area contributed by atoms with Crippen LogP contribution in [0, 0.1) is 5.92 Å². The minimum Gasteiger partial charge on any atom is -0.394 e. The Morgan fingerprint density at radius 3 is 1.36 bits per heavy atom. The number of hydrogen-bond donors (Lipinski definition) is 4. The molecule has 0 heterocycles. The van der Waals surface area contributed by atoms with Gasteiger partial charge in [0.1, 0.15) is 12.2 Å². The predicted molar refractivity (Wildman–Crippen MR) is 103 cm³/mol. The standard InChI is InChI=1S/C19H24F14O9/c1-13(20,21)18(30,31)42-15(23,17(27,28)29)19(32,33)41-14(22,16(24,25)26)12(38)2-9(5-39-7-10(36)3-34)6-40-8-11(37)4-35/h9-11,34-37H,2-8H2,1H3. The van der Waals surface area contributed by atoms with Crippen LogP contribution >= 0.6 is 0 Å². The van der Waals surface area contributed by atoms with E-state index in [1.54, 1.807) is 0 Å². The molecule has 0 aromatic carbocycles. The Labute approximate surface area is 225 Å². The lowest BCUT2D eigenvalue weighted by atomic mass is 9.99. The summed E-state index contributed by atoms with van der Waals surface area (Å²) >= 11 is 0. The third-order valence-corrected chi connectivity index (χ3v) is 4.73. The van der Waals surface area contributed by atoms with Crippen LogP contribution in [-0.2, 0) is 23.7 Å². The van der Waals surface area contributed by atoms with E-state index in [0.717, 1.165) is 0 Å². The van der Waals surface area contributed by atoms with Gasteiger partial charge in [-0.3, -0.25) is 14.3 Å². The molecule has 0 rings (SSSR count). The van der Waals surface area contributed by atoms with Crippen LogP contribution in [0.25, 0.3) is 0 Å². The molecule has 0 bridgehead atoms. The van der Waals surface area contributed by atoms with Crippen molar-refractivity contribution in [3.63, 3.8) is 0 Å². The van der Waals surface area contributed by atoms with Crippen molar-refractivity contribution in [1.82, 2.24) is 0 Å². The van der Waals surface area contributed by atoms with E-state index >= 15 is 0 Å². The van der Waals surface area contributed by atoms with E-state index in [-0.39, 0.29) is 0 Å². The number of carbonyl (C=O) groups is 1. The van der Waals surface area contributed by atoms with Crippen molar-refractivity contribution in [2.75, 3.05) is 39.6 Å². The Bertz CT molecular complexity index is 835. The van der Waals surface area contributed by atoms with Gasteiger partial charge in [0.2, 0.25) is 5.78 Å². The lowest BCUT2D eigenvalue weighted by molar-refractivity contribution is -0.536. The topological polar surface area (TPSA) is 135 Å². The van der Waals surface area contributed by atoms with Gasteiger partial charge in [0, 0.05) is 19.3 Å². The van der Waals surface area contributed by atoms with Gasteiger partial charge in [-0.15, -0.1) is 0 Å². The van der Waals surface area contributed by atoms with E-state index in [1.807, 2.05) is 4.74 Å². The first-order chi connectivity index (χ1) is 18.6. The van der Waals surface area contributed by atoms with E-state index in [4.69, 9.17) is 10.2 Å². The number of aliphatic hydroxyl groups is 4. The van der Waals surface area contributed by atoms with Crippen LogP contribution in [0.5, 0.6) is 0 Å². The maximum atomic E-state index is 14.8. The number of ether oxygens (including phenoxy) is 4. The van der Waals surface area contributed by atoms with E-state index in [9.17, 15) is 76.5 Å². The fourth-order valence-corrected chi connectivity index (χ4v) is 2.47. The first kappa shape index (κ1) is 40.4. The summed E-state index contributed by atoms with van der Waals surface area (Å²) in [5.74, 6) is -25.4. The second kappa shape index (κ2) is 14.4. The highest BCUT2D eigenvalue weighted by Gasteiger charge is 2.82. The summed E-state index contributed by atoms with van der Waals surface area (Å²) in [4.78, 5) is 12.2. The number of alkyl halides is 14. The summed E-state index contributed by atoms with van der Waals surface area (Å²) < 4.78 is 203. The van der Waals surface area contributed by atoms with Crippen molar-refractivity contribution in [1.29, 1.82) is 0 Å². The summed E-state index contributed by atoms with van der Waals surface area (Å²) in [5.41, 5.74) is 0. The average molecular weight is 662 g/mol. The second-order valence-electron chi connectivity index (χ2n) is 8.55. The van der Waals surface area contributed by atoms with Crippen molar-refractivity contribution in [3.8, 4) is 0 Å². The number of rotatable bonds is 19. The summed E-state index contributed by atoms with van der Waals surface area (Å²) in [5, 5.41) is 35.7.